The van der Waals surface area contributed by atoms with Crippen molar-refractivity contribution in [3.05, 3.63) is 107 Å². The fourth-order valence-corrected chi connectivity index (χ4v) is 2.74. The smallest absolute Gasteiger partial charge is 0.363 e. The molecule has 0 radical (unpaired) electrons. The van der Waals surface area contributed by atoms with Gasteiger partial charge in [-0.25, -0.2) is 14.2 Å². The topological polar surface area (TPSA) is 47.9 Å². The molecule has 28 heavy (non-hydrogen) atoms. The molecule has 3 aromatic rings. The SMILES string of the molecule is O=C1OC(c2ccc(F)cc2)=NC1=Cc1ccccc1OCc1ccccc1. The summed E-state index contributed by atoms with van der Waals surface area (Å²) in [7, 11) is 0. The molecule has 0 fully saturated rings. The first kappa shape index (κ1) is 17.7. The molecular weight excluding hydrogens is 357 g/mol. The molecule has 0 amide bonds. The van der Waals surface area contributed by atoms with Gasteiger partial charge in [-0.05, 0) is 42.0 Å². The number of carbonyl (C=O) groups excluding carboxylic acids is 1. The summed E-state index contributed by atoms with van der Waals surface area (Å²) in [6.45, 7) is 0.412. The zero-order valence-corrected chi connectivity index (χ0v) is 14.8. The maximum Gasteiger partial charge on any atom is 0.363 e. The predicted octanol–water partition coefficient (Wildman–Crippen LogP) is 4.75. The second kappa shape index (κ2) is 7.88. The van der Waals surface area contributed by atoms with Crippen LogP contribution < -0.4 is 4.74 Å². The average molecular weight is 373 g/mol. The molecule has 0 aliphatic carbocycles. The zero-order chi connectivity index (χ0) is 19.3. The van der Waals surface area contributed by atoms with Crippen molar-refractivity contribution in [3.63, 3.8) is 0 Å². The highest BCUT2D eigenvalue weighted by Crippen LogP contribution is 2.25. The first-order chi connectivity index (χ1) is 13.7. The number of benzene rings is 3. The molecule has 0 spiro atoms. The average Bonchev–Trinajstić information content (AvgIpc) is 3.09. The summed E-state index contributed by atoms with van der Waals surface area (Å²) in [5.41, 5.74) is 2.46. The van der Waals surface area contributed by atoms with Gasteiger partial charge in [0.15, 0.2) is 5.70 Å². The molecule has 4 nitrogen and oxygen atoms in total. The Labute approximate surface area is 161 Å². The summed E-state index contributed by atoms with van der Waals surface area (Å²) in [6.07, 6.45) is 1.62. The van der Waals surface area contributed by atoms with E-state index < -0.39 is 5.97 Å². The van der Waals surface area contributed by atoms with Crippen LogP contribution in [0.2, 0.25) is 0 Å². The Bertz CT molecular complexity index is 1060. The van der Waals surface area contributed by atoms with Gasteiger partial charge in [0.2, 0.25) is 5.90 Å². The van der Waals surface area contributed by atoms with E-state index in [-0.39, 0.29) is 17.4 Å². The van der Waals surface area contributed by atoms with E-state index in [1.165, 1.54) is 24.3 Å². The Kier molecular flexibility index (Phi) is 4.97. The van der Waals surface area contributed by atoms with Gasteiger partial charge in [-0.1, -0.05) is 48.5 Å². The van der Waals surface area contributed by atoms with Crippen molar-refractivity contribution in [2.75, 3.05) is 0 Å². The first-order valence-electron chi connectivity index (χ1n) is 8.73. The second-order valence-electron chi connectivity index (χ2n) is 6.16. The minimum absolute atomic E-state index is 0.152. The third kappa shape index (κ3) is 3.99. The summed E-state index contributed by atoms with van der Waals surface area (Å²) >= 11 is 0. The molecule has 138 valence electrons. The van der Waals surface area contributed by atoms with E-state index in [0.717, 1.165) is 11.1 Å². The number of esters is 1. The Balaban J connectivity index is 1.58. The minimum atomic E-state index is -0.558. The van der Waals surface area contributed by atoms with Gasteiger partial charge >= 0.3 is 5.97 Å². The van der Waals surface area contributed by atoms with Crippen LogP contribution in [0.25, 0.3) is 6.08 Å². The highest BCUT2D eigenvalue weighted by Gasteiger charge is 2.24. The van der Waals surface area contributed by atoms with Gasteiger partial charge < -0.3 is 9.47 Å². The number of carbonyl (C=O) groups is 1. The standard InChI is InChI=1S/C23H16FNO3/c24-19-12-10-17(11-13-19)22-25-20(23(26)28-22)14-18-8-4-5-9-21(18)27-15-16-6-2-1-3-7-16/h1-14H,15H2. The number of nitrogens with zero attached hydrogens (tertiary/aromatic N) is 1. The van der Waals surface area contributed by atoms with Gasteiger partial charge in [0.05, 0.1) is 0 Å². The van der Waals surface area contributed by atoms with E-state index in [2.05, 4.69) is 4.99 Å². The Morgan fingerprint density at radius 2 is 1.64 bits per heavy atom. The van der Waals surface area contributed by atoms with Crippen molar-refractivity contribution < 1.29 is 18.7 Å². The van der Waals surface area contributed by atoms with Gasteiger partial charge in [-0.15, -0.1) is 0 Å². The van der Waals surface area contributed by atoms with Crippen molar-refractivity contribution in [2.45, 2.75) is 6.61 Å². The summed E-state index contributed by atoms with van der Waals surface area (Å²) in [4.78, 5) is 16.5. The van der Waals surface area contributed by atoms with Crippen LogP contribution in [-0.2, 0) is 16.1 Å². The molecule has 0 atom stereocenters. The molecule has 0 N–H and O–H groups in total. The van der Waals surface area contributed by atoms with E-state index in [1.54, 1.807) is 6.08 Å². The lowest BCUT2D eigenvalue weighted by molar-refractivity contribution is -0.129. The summed E-state index contributed by atoms with van der Waals surface area (Å²) < 4.78 is 24.2. The zero-order valence-electron chi connectivity index (χ0n) is 14.8. The van der Waals surface area contributed by atoms with E-state index in [9.17, 15) is 9.18 Å². The van der Waals surface area contributed by atoms with Crippen LogP contribution >= 0.6 is 0 Å². The number of hydrogen-bond donors (Lipinski definition) is 0. The third-order valence-electron chi connectivity index (χ3n) is 4.16. The largest absolute Gasteiger partial charge is 0.488 e. The summed E-state index contributed by atoms with van der Waals surface area (Å²) in [6, 6.07) is 22.8. The Hall–Kier alpha value is -3.73. The van der Waals surface area contributed by atoms with Gasteiger partial charge in [-0.3, -0.25) is 0 Å². The van der Waals surface area contributed by atoms with Gasteiger partial charge in [0, 0.05) is 11.1 Å². The lowest BCUT2D eigenvalue weighted by atomic mass is 10.1. The van der Waals surface area contributed by atoms with Crippen molar-refractivity contribution >= 4 is 17.9 Å². The maximum absolute atomic E-state index is 13.1. The van der Waals surface area contributed by atoms with Crippen LogP contribution in [0.3, 0.4) is 0 Å². The highest BCUT2D eigenvalue weighted by molar-refractivity contribution is 6.12. The van der Waals surface area contributed by atoms with Crippen LogP contribution in [0.4, 0.5) is 4.39 Å². The van der Waals surface area contributed by atoms with E-state index in [4.69, 9.17) is 9.47 Å². The normalized spacial score (nSPS) is 14.7. The number of para-hydroxylation sites is 1. The van der Waals surface area contributed by atoms with Crippen LogP contribution in [-0.4, -0.2) is 11.9 Å². The fraction of sp³-hybridized carbons (Fsp3) is 0.0435. The van der Waals surface area contributed by atoms with E-state index in [1.807, 2.05) is 54.6 Å². The van der Waals surface area contributed by atoms with Gasteiger partial charge in [0.25, 0.3) is 0 Å². The number of ether oxygens (including phenoxy) is 2. The summed E-state index contributed by atoms with van der Waals surface area (Å²) in [5.74, 6) is -0.137. The molecule has 0 saturated carbocycles. The molecule has 1 heterocycles. The number of aliphatic imine (C=N–C) groups is 1. The molecule has 0 saturated heterocycles. The molecule has 5 heteroatoms. The number of hydrogen-bond acceptors (Lipinski definition) is 4. The fourth-order valence-electron chi connectivity index (χ4n) is 2.74. The molecule has 0 aromatic heterocycles. The predicted molar refractivity (Wildman–Crippen MR) is 104 cm³/mol. The van der Waals surface area contributed by atoms with Crippen LogP contribution in [0.1, 0.15) is 16.7 Å². The maximum atomic E-state index is 13.1. The van der Waals surface area contributed by atoms with Crippen LogP contribution in [0.15, 0.2) is 89.6 Å². The first-order valence-corrected chi connectivity index (χ1v) is 8.73. The van der Waals surface area contributed by atoms with Crippen molar-refractivity contribution in [3.8, 4) is 5.75 Å². The van der Waals surface area contributed by atoms with Crippen molar-refractivity contribution in [2.24, 2.45) is 4.99 Å². The lowest BCUT2D eigenvalue weighted by Crippen LogP contribution is -2.05. The molecule has 3 aromatic carbocycles. The summed E-state index contributed by atoms with van der Waals surface area (Å²) in [5, 5.41) is 0. The number of rotatable bonds is 5. The van der Waals surface area contributed by atoms with Crippen LogP contribution in [0, 0.1) is 5.82 Å². The Morgan fingerprint density at radius 1 is 0.929 bits per heavy atom. The molecule has 1 aliphatic rings. The van der Waals surface area contributed by atoms with Gasteiger partial charge in [-0.2, -0.15) is 0 Å². The second-order valence-corrected chi connectivity index (χ2v) is 6.16. The number of halogens is 1. The van der Waals surface area contributed by atoms with E-state index >= 15 is 0 Å². The monoisotopic (exact) mass is 373 g/mol. The highest BCUT2D eigenvalue weighted by atomic mass is 19.1. The van der Waals surface area contributed by atoms with Gasteiger partial charge in [0.1, 0.15) is 18.2 Å². The molecule has 4 rings (SSSR count). The third-order valence-corrected chi connectivity index (χ3v) is 4.16. The van der Waals surface area contributed by atoms with Crippen LogP contribution in [0.5, 0.6) is 5.75 Å². The number of cyclic esters (lactones) is 1. The lowest BCUT2D eigenvalue weighted by Gasteiger charge is -2.09. The minimum Gasteiger partial charge on any atom is -0.488 e. The van der Waals surface area contributed by atoms with Crippen molar-refractivity contribution in [1.29, 1.82) is 0 Å². The van der Waals surface area contributed by atoms with Crippen molar-refractivity contribution in [1.82, 2.24) is 0 Å². The Morgan fingerprint density at radius 3 is 2.43 bits per heavy atom. The molecule has 1 aliphatic heterocycles. The molecule has 0 unspecified atom stereocenters. The molecule has 0 bridgehead atoms. The molecular formula is C23H16FNO3. The van der Waals surface area contributed by atoms with E-state index in [0.29, 0.717) is 17.9 Å². The quantitative estimate of drug-likeness (QED) is 0.479.